The number of carbonyl (C=O) groups is 1. The molecule has 0 aromatic rings. The third-order valence-electron chi connectivity index (χ3n) is 2.90. The van der Waals surface area contributed by atoms with Crippen molar-refractivity contribution in [2.24, 2.45) is 5.73 Å². The van der Waals surface area contributed by atoms with Gasteiger partial charge in [0.15, 0.2) is 0 Å². The van der Waals surface area contributed by atoms with E-state index in [4.69, 9.17) is 5.73 Å². The van der Waals surface area contributed by atoms with E-state index in [9.17, 15) is 18.0 Å². The molecule has 7 heteroatoms. The van der Waals surface area contributed by atoms with Crippen molar-refractivity contribution < 1.29 is 18.0 Å². The van der Waals surface area contributed by atoms with E-state index in [0.29, 0.717) is 19.6 Å². The minimum absolute atomic E-state index is 0.172. The van der Waals surface area contributed by atoms with Gasteiger partial charge in [-0.1, -0.05) is 0 Å². The maximum Gasteiger partial charge on any atom is 0.389 e. The average Bonchev–Trinajstić information content (AvgIpc) is 2.24. The van der Waals surface area contributed by atoms with E-state index in [1.54, 1.807) is 0 Å². The van der Waals surface area contributed by atoms with Crippen LogP contribution in [0.5, 0.6) is 0 Å². The molecule has 0 bridgehead atoms. The quantitative estimate of drug-likeness (QED) is 0.793. The van der Waals surface area contributed by atoms with Gasteiger partial charge in [0.25, 0.3) is 0 Å². The number of hydrogen-bond donors (Lipinski definition) is 1. The molecule has 1 rings (SSSR count). The summed E-state index contributed by atoms with van der Waals surface area (Å²) in [6, 6.07) is -0.172. The summed E-state index contributed by atoms with van der Waals surface area (Å²) >= 11 is 0. The first-order chi connectivity index (χ1) is 7.83. The van der Waals surface area contributed by atoms with E-state index in [1.165, 1.54) is 4.90 Å². The molecule has 0 saturated carbocycles. The fourth-order valence-electron chi connectivity index (χ4n) is 1.93. The van der Waals surface area contributed by atoms with Crippen LogP contribution in [0.1, 0.15) is 12.8 Å². The zero-order valence-corrected chi connectivity index (χ0v) is 9.83. The maximum atomic E-state index is 12.0. The molecule has 1 heterocycles. The van der Waals surface area contributed by atoms with Crippen LogP contribution in [-0.4, -0.2) is 61.2 Å². The fourth-order valence-corrected chi connectivity index (χ4v) is 1.93. The second kappa shape index (κ2) is 5.68. The Morgan fingerprint density at radius 1 is 1.41 bits per heavy atom. The number of nitrogens with two attached hydrogens (primary N) is 1. The molecule has 0 aromatic heterocycles. The van der Waals surface area contributed by atoms with Crippen molar-refractivity contribution in [3.63, 3.8) is 0 Å². The maximum absolute atomic E-state index is 12.0. The smallest absolute Gasteiger partial charge is 0.336 e. The van der Waals surface area contributed by atoms with Gasteiger partial charge in [0.1, 0.15) is 0 Å². The fraction of sp³-hybridized carbons (Fsp3) is 0.900. The first-order valence-electron chi connectivity index (χ1n) is 5.58. The molecular formula is C10H18F3N3O. The lowest BCUT2D eigenvalue weighted by Gasteiger charge is -2.39. The molecule has 1 amide bonds. The Kier molecular flexibility index (Phi) is 4.76. The van der Waals surface area contributed by atoms with Gasteiger partial charge in [-0.3, -0.25) is 4.79 Å². The van der Waals surface area contributed by atoms with E-state index in [-0.39, 0.29) is 12.6 Å². The van der Waals surface area contributed by atoms with Crippen LogP contribution in [-0.2, 0) is 4.79 Å². The Labute approximate surface area is 98.5 Å². The predicted molar refractivity (Wildman–Crippen MR) is 57.3 cm³/mol. The predicted octanol–water partition coefficient (Wildman–Crippen LogP) is 0.430. The largest absolute Gasteiger partial charge is 0.389 e. The Balaban J connectivity index is 2.50. The van der Waals surface area contributed by atoms with E-state index in [1.807, 2.05) is 11.9 Å². The highest BCUT2D eigenvalue weighted by atomic mass is 19.4. The molecule has 4 nitrogen and oxygen atoms in total. The summed E-state index contributed by atoms with van der Waals surface area (Å²) in [5.74, 6) is -0.453. The standard InChI is InChI=1S/C10H18F3N3O/c1-15-4-5-16(8(6-14)7-15)9(17)2-3-10(11,12)13/h8H,2-7,14H2,1H3. The molecule has 0 aromatic carbocycles. The molecule has 0 aliphatic carbocycles. The van der Waals surface area contributed by atoms with E-state index in [2.05, 4.69) is 0 Å². The van der Waals surface area contributed by atoms with Crippen molar-refractivity contribution in [1.29, 1.82) is 0 Å². The summed E-state index contributed by atoms with van der Waals surface area (Å²) in [5, 5.41) is 0. The van der Waals surface area contributed by atoms with Gasteiger partial charge in [-0.2, -0.15) is 13.2 Å². The molecule has 1 unspecified atom stereocenters. The van der Waals surface area contributed by atoms with Gasteiger partial charge in [0.05, 0.1) is 12.5 Å². The topological polar surface area (TPSA) is 49.6 Å². The van der Waals surface area contributed by atoms with Crippen LogP contribution in [0, 0.1) is 0 Å². The Bertz CT molecular complexity index is 270. The Morgan fingerprint density at radius 3 is 2.59 bits per heavy atom. The summed E-state index contributed by atoms with van der Waals surface area (Å²) in [4.78, 5) is 15.2. The SMILES string of the molecule is CN1CCN(C(=O)CCC(F)(F)F)C(CN)C1. The zero-order valence-electron chi connectivity index (χ0n) is 9.83. The molecule has 100 valence electrons. The van der Waals surface area contributed by atoms with Crippen molar-refractivity contribution >= 4 is 5.91 Å². The molecule has 0 spiro atoms. The number of piperazine rings is 1. The first-order valence-corrected chi connectivity index (χ1v) is 5.58. The van der Waals surface area contributed by atoms with Crippen molar-refractivity contribution in [2.45, 2.75) is 25.1 Å². The highest BCUT2D eigenvalue weighted by Gasteiger charge is 2.32. The summed E-state index contributed by atoms with van der Waals surface area (Å²) in [6.45, 7) is 2.03. The molecule has 0 radical (unpaired) electrons. The number of carbonyl (C=O) groups excluding carboxylic acids is 1. The van der Waals surface area contributed by atoms with Crippen LogP contribution in [0.2, 0.25) is 0 Å². The number of halogens is 3. The van der Waals surface area contributed by atoms with Crippen molar-refractivity contribution in [1.82, 2.24) is 9.80 Å². The number of alkyl halides is 3. The number of rotatable bonds is 3. The van der Waals surface area contributed by atoms with Gasteiger partial charge in [0.2, 0.25) is 5.91 Å². The third-order valence-corrected chi connectivity index (χ3v) is 2.90. The first kappa shape index (κ1) is 14.2. The van der Waals surface area contributed by atoms with E-state index < -0.39 is 24.9 Å². The summed E-state index contributed by atoms with van der Waals surface area (Å²) in [6.07, 6.45) is -5.82. The minimum atomic E-state index is -4.28. The lowest BCUT2D eigenvalue weighted by molar-refractivity contribution is -0.151. The molecule has 1 aliphatic rings. The Morgan fingerprint density at radius 2 is 2.06 bits per heavy atom. The summed E-state index contributed by atoms with van der Waals surface area (Å²) in [5.41, 5.74) is 5.53. The molecule has 17 heavy (non-hydrogen) atoms. The molecule has 1 saturated heterocycles. The molecule has 1 atom stereocenters. The third kappa shape index (κ3) is 4.51. The van der Waals surface area contributed by atoms with Gasteiger partial charge in [-0.15, -0.1) is 0 Å². The number of nitrogens with zero attached hydrogens (tertiary/aromatic N) is 2. The van der Waals surface area contributed by atoms with Crippen molar-refractivity contribution in [3.05, 3.63) is 0 Å². The average molecular weight is 253 g/mol. The highest BCUT2D eigenvalue weighted by Crippen LogP contribution is 2.22. The Hall–Kier alpha value is -0.820. The van der Waals surface area contributed by atoms with Gasteiger partial charge in [0, 0.05) is 32.6 Å². The number of hydrogen-bond acceptors (Lipinski definition) is 3. The number of amides is 1. The minimum Gasteiger partial charge on any atom is -0.336 e. The second-order valence-electron chi connectivity index (χ2n) is 4.35. The zero-order chi connectivity index (χ0) is 13.1. The van der Waals surface area contributed by atoms with Crippen molar-refractivity contribution in [3.8, 4) is 0 Å². The molecular weight excluding hydrogens is 235 g/mol. The molecule has 2 N–H and O–H groups in total. The summed E-state index contributed by atoms with van der Waals surface area (Å²) < 4.78 is 36.1. The van der Waals surface area contributed by atoms with Gasteiger partial charge in [-0.25, -0.2) is 0 Å². The normalized spacial score (nSPS) is 22.9. The number of likely N-dealkylation sites (N-methyl/N-ethyl adjacent to an activating group) is 1. The van der Waals surface area contributed by atoms with Crippen LogP contribution in [0.15, 0.2) is 0 Å². The molecule has 1 aliphatic heterocycles. The second-order valence-corrected chi connectivity index (χ2v) is 4.35. The van der Waals surface area contributed by atoms with Crippen LogP contribution in [0.25, 0.3) is 0 Å². The van der Waals surface area contributed by atoms with Gasteiger partial charge in [-0.05, 0) is 7.05 Å². The van der Waals surface area contributed by atoms with Gasteiger partial charge >= 0.3 is 6.18 Å². The van der Waals surface area contributed by atoms with Crippen molar-refractivity contribution in [2.75, 3.05) is 33.2 Å². The van der Waals surface area contributed by atoms with E-state index in [0.717, 1.165) is 0 Å². The molecule has 1 fully saturated rings. The van der Waals surface area contributed by atoms with E-state index >= 15 is 0 Å². The van der Waals surface area contributed by atoms with Crippen LogP contribution in [0.4, 0.5) is 13.2 Å². The van der Waals surface area contributed by atoms with Crippen LogP contribution in [0.3, 0.4) is 0 Å². The lowest BCUT2D eigenvalue weighted by atomic mass is 10.1. The summed E-state index contributed by atoms with van der Waals surface area (Å²) in [7, 11) is 1.90. The lowest BCUT2D eigenvalue weighted by Crippen LogP contribution is -2.56. The van der Waals surface area contributed by atoms with Crippen LogP contribution >= 0.6 is 0 Å². The monoisotopic (exact) mass is 253 g/mol. The van der Waals surface area contributed by atoms with Gasteiger partial charge < -0.3 is 15.5 Å². The van der Waals surface area contributed by atoms with Crippen LogP contribution < -0.4 is 5.73 Å². The highest BCUT2D eigenvalue weighted by molar-refractivity contribution is 5.76.